The second kappa shape index (κ2) is 4.75. The minimum Gasteiger partial charge on any atom is -0.480 e. The number of carbonyl (C=O) groups is 2. The van der Waals surface area contributed by atoms with Crippen molar-refractivity contribution >= 4 is 23.3 Å². The van der Waals surface area contributed by atoms with Gasteiger partial charge in [-0.05, 0) is 23.4 Å². The number of fused-ring (bicyclic) bond motifs is 1. The predicted octanol–water partition coefficient (Wildman–Crippen LogP) is 1.24. The Labute approximate surface area is 103 Å². The molecule has 2 heterocycles. The van der Waals surface area contributed by atoms with Crippen LogP contribution in [0.1, 0.15) is 10.4 Å². The van der Waals surface area contributed by atoms with Crippen LogP contribution < -0.4 is 0 Å². The van der Waals surface area contributed by atoms with E-state index in [1.54, 1.807) is 16.2 Å². The van der Waals surface area contributed by atoms with Gasteiger partial charge >= 0.3 is 12.0 Å². The molecule has 6 heteroatoms. The Morgan fingerprint density at radius 1 is 1.59 bits per heavy atom. The molecule has 0 radical (unpaired) electrons. The highest BCUT2D eigenvalue weighted by Gasteiger charge is 2.24. The number of likely N-dealkylation sites (N-methyl/N-ethyl adjacent to an activating group) is 1. The molecule has 5 nitrogen and oxygen atoms in total. The number of carboxylic acids is 1. The number of thiophene rings is 1. The average molecular weight is 254 g/mol. The van der Waals surface area contributed by atoms with E-state index < -0.39 is 5.97 Å². The molecule has 2 rings (SSSR count). The third-order valence-corrected chi connectivity index (χ3v) is 3.80. The lowest BCUT2D eigenvalue weighted by molar-refractivity contribution is -0.137. The summed E-state index contributed by atoms with van der Waals surface area (Å²) in [6, 6.07) is 1.81. The Bertz CT molecular complexity index is 444. The van der Waals surface area contributed by atoms with Crippen molar-refractivity contribution in [2.24, 2.45) is 0 Å². The second-order valence-corrected chi connectivity index (χ2v) is 5.07. The van der Waals surface area contributed by atoms with E-state index in [1.165, 1.54) is 22.4 Å². The van der Waals surface area contributed by atoms with Gasteiger partial charge in [-0.3, -0.25) is 4.79 Å². The highest BCUT2D eigenvalue weighted by molar-refractivity contribution is 7.10. The molecule has 17 heavy (non-hydrogen) atoms. The van der Waals surface area contributed by atoms with Crippen LogP contribution in [0.25, 0.3) is 0 Å². The summed E-state index contributed by atoms with van der Waals surface area (Å²) in [4.78, 5) is 26.8. The van der Waals surface area contributed by atoms with Crippen molar-refractivity contribution in [3.05, 3.63) is 21.9 Å². The molecule has 1 aromatic heterocycles. The molecule has 1 aliphatic rings. The molecule has 92 valence electrons. The first-order valence-electron chi connectivity index (χ1n) is 5.35. The summed E-state index contributed by atoms with van der Waals surface area (Å²) in [6.07, 6.45) is 0.861. The lowest BCUT2D eigenvalue weighted by atomic mass is 10.1. The number of amides is 2. The van der Waals surface area contributed by atoms with Crippen LogP contribution in [0.15, 0.2) is 11.4 Å². The Hall–Kier alpha value is -1.56. The summed E-state index contributed by atoms with van der Waals surface area (Å²) in [5.74, 6) is -0.992. The van der Waals surface area contributed by atoms with E-state index >= 15 is 0 Å². The molecule has 0 aliphatic carbocycles. The molecule has 0 saturated carbocycles. The minimum absolute atomic E-state index is 0.218. The molecular formula is C11H14N2O3S. The van der Waals surface area contributed by atoms with E-state index in [0.717, 1.165) is 6.42 Å². The summed E-state index contributed by atoms with van der Waals surface area (Å²) >= 11 is 1.71. The van der Waals surface area contributed by atoms with Gasteiger partial charge < -0.3 is 14.9 Å². The van der Waals surface area contributed by atoms with Crippen LogP contribution in [0.2, 0.25) is 0 Å². The quantitative estimate of drug-likeness (QED) is 0.863. The molecule has 0 aromatic carbocycles. The number of nitrogens with zero attached hydrogens (tertiary/aromatic N) is 2. The molecule has 0 fully saturated rings. The normalized spacial score (nSPS) is 14.3. The first-order chi connectivity index (χ1) is 8.08. The first kappa shape index (κ1) is 11.9. The number of urea groups is 1. The Morgan fingerprint density at radius 2 is 2.35 bits per heavy atom. The third kappa shape index (κ3) is 2.58. The van der Waals surface area contributed by atoms with Crippen molar-refractivity contribution in [2.45, 2.75) is 13.0 Å². The van der Waals surface area contributed by atoms with Crippen molar-refractivity contribution in [1.29, 1.82) is 0 Å². The van der Waals surface area contributed by atoms with Crippen molar-refractivity contribution in [3.63, 3.8) is 0 Å². The largest absolute Gasteiger partial charge is 0.480 e. The molecule has 0 spiro atoms. The van der Waals surface area contributed by atoms with Crippen LogP contribution >= 0.6 is 11.3 Å². The van der Waals surface area contributed by atoms with Crippen molar-refractivity contribution in [1.82, 2.24) is 9.80 Å². The molecule has 2 amide bonds. The van der Waals surface area contributed by atoms with Crippen molar-refractivity contribution in [3.8, 4) is 0 Å². The molecule has 1 aliphatic heterocycles. The van der Waals surface area contributed by atoms with Crippen LogP contribution in [-0.4, -0.2) is 47.0 Å². The van der Waals surface area contributed by atoms with Gasteiger partial charge in [0.05, 0.1) is 0 Å². The summed E-state index contributed by atoms with van der Waals surface area (Å²) in [5, 5.41) is 10.7. The molecule has 0 atom stereocenters. The fourth-order valence-electron chi connectivity index (χ4n) is 1.92. The number of rotatable bonds is 2. The van der Waals surface area contributed by atoms with Gasteiger partial charge in [0.1, 0.15) is 6.54 Å². The first-order valence-corrected chi connectivity index (χ1v) is 6.23. The SMILES string of the molecule is CN(CC(=O)O)C(=O)N1CCc2sccc2C1. The lowest BCUT2D eigenvalue weighted by Gasteiger charge is -2.30. The van der Waals surface area contributed by atoms with Crippen LogP contribution in [-0.2, 0) is 17.8 Å². The van der Waals surface area contributed by atoms with Gasteiger partial charge in [-0.15, -0.1) is 11.3 Å². The second-order valence-electron chi connectivity index (χ2n) is 4.07. The van der Waals surface area contributed by atoms with Crippen LogP contribution in [0.5, 0.6) is 0 Å². The number of carboxylic acid groups (broad SMARTS) is 1. The topological polar surface area (TPSA) is 60.9 Å². The Kier molecular flexibility index (Phi) is 3.33. The molecule has 0 bridgehead atoms. The summed E-state index contributed by atoms with van der Waals surface area (Å²) < 4.78 is 0. The average Bonchev–Trinajstić information content (AvgIpc) is 2.73. The van der Waals surface area contributed by atoms with E-state index in [0.29, 0.717) is 13.1 Å². The van der Waals surface area contributed by atoms with Gasteiger partial charge in [-0.1, -0.05) is 0 Å². The van der Waals surface area contributed by atoms with Crippen LogP contribution in [0.3, 0.4) is 0 Å². The standard InChI is InChI=1S/C11H14N2O3S/c1-12(7-10(14)15)11(16)13-4-2-9-8(6-13)3-5-17-9/h3,5H,2,4,6-7H2,1H3,(H,14,15). The van der Waals surface area contributed by atoms with Gasteiger partial charge in [-0.25, -0.2) is 4.79 Å². The number of hydrogen-bond acceptors (Lipinski definition) is 3. The maximum atomic E-state index is 12.0. The molecule has 1 N–H and O–H groups in total. The zero-order valence-corrected chi connectivity index (χ0v) is 10.4. The van der Waals surface area contributed by atoms with Gasteiger partial charge in [0, 0.05) is 25.0 Å². The highest BCUT2D eigenvalue weighted by atomic mass is 32.1. The van der Waals surface area contributed by atoms with Gasteiger partial charge in [-0.2, -0.15) is 0 Å². The molecule has 1 aromatic rings. The molecular weight excluding hydrogens is 240 g/mol. The monoisotopic (exact) mass is 254 g/mol. The molecule has 0 saturated heterocycles. The van der Waals surface area contributed by atoms with Gasteiger partial charge in [0.15, 0.2) is 0 Å². The van der Waals surface area contributed by atoms with E-state index in [9.17, 15) is 9.59 Å². The predicted molar refractivity (Wildman–Crippen MR) is 64.1 cm³/mol. The van der Waals surface area contributed by atoms with Crippen molar-refractivity contribution in [2.75, 3.05) is 20.1 Å². The van der Waals surface area contributed by atoms with Crippen molar-refractivity contribution < 1.29 is 14.7 Å². The van der Waals surface area contributed by atoms with Gasteiger partial charge in [0.25, 0.3) is 0 Å². The summed E-state index contributed by atoms with van der Waals surface area (Å²) in [5.41, 5.74) is 1.18. The Morgan fingerprint density at radius 3 is 3.06 bits per heavy atom. The Balaban J connectivity index is 2.00. The summed E-state index contributed by atoms with van der Waals surface area (Å²) in [6.45, 7) is 0.990. The fraction of sp³-hybridized carbons (Fsp3) is 0.455. The number of carbonyl (C=O) groups excluding carboxylic acids is 1. The fourth-order valence-corrected chi connectivity index (χ4v) is 2.81. The minimum atomic E-state index is -0.992. The van der Waals surface area contributed by atoms with Gasteiger partial charge in [0.2, 0.25) is 0 Å². The van der Waals surface area contributed by atoms with Crippen LogP contribution in [0.4, 0.5) is 4.79 Å². The maximum absolute atomic E-state index is 12.0. The molecule has 0 unspecified atom stereocenters. The lowest BCUT2D eigenvalue weighted by Crippen LogP contribution is -2.45. The summed E-state index contributed by atoms with van der Waals surface area (Å²) in [7, 11) is 1.51. The number of hydrogen-bond donors (Lipinski definition) is 1. The third-order valence-electron chi connectivity index (χ3n) is 2.78. The van der Waals surface area contributed by atoms with Crippen LogP contribution in [0, 0.1) is 0 Å². The van der Waals surface area contributed by atoms with E-state index in [1.807, 2.05) is 11.4 Å². The maximum Gasteiger partial charge on any atom is 0.323 e. The van der Waals surface area contributed by atoms with E-state index in [4.69, 9.17) is 5.11 Å². The smallest absolute Gasteiger partial charge is 0.323 e. The van der Waals surface area contributed by atoms with E-state index in [2.05, 4.69) is 0 Å². The zero-order chi connectivity index (χ0) is 12.4. The highest BCUT2D eigenvalue weighted by Crippen LogP contribution is 2.24. The zero-order valence-electron chi connectivity index (χ0n) is 9.55. The van der Waals surface area contributed by atoms with E-state index in [-0.39, 0.29) is 12.6 Å². The number of aliphatic carboxylic acids is 1.